The molecule has 1 aliphatic heterocycles. The van der Waals surface area contributed by atoms with Gasteiger partial charge in [0.05, 0.1) is 12.0 Å². The van der Waals surface area contributed by atoms with Gasteiger partial charge in [0.1, 0.15) is 0 Å². The number of hydrogen-bond acceptors (Lipinski definition) is 3. The quantitative estimate of drug-likeness (QED) is 0.725. The van der Waals surface area contributed by atoms with E-state index in [-0.39, 0.29) is 11.8 Å². The molecule has 1 aliphatic carbocycles. The van der Waals surface area contributed by atoms with Crippen molar-refractivity contribution in [1.82, 2.24) is 9.80 Å². The lowest BCUT2D eigenvalue weighted by Gasteiger charge is -2.39. The molecule has 0 spiro atoms. The molecule has 0 radical (unpaired) electrons. The van der Waals surface area contributed by atoms with Crippen LogP contribution in [0.2, 0.25) is 0 Å². The molecule has 3 atom stereocenters. The van der Waals surface area contributed by atoms with E-state index in [0.29, 0.717) is 6.04 Å². The van der Waals surface area contributed by atoms with Crippen LogP contribution in [0.4, 0.5) is 0 Å². The molecule has 3 unspecified atom stereocenters. The summed E-state index contributed by atoms with van der Waals surface area (Å²) < 4.78 is 0. The van der Waals surface area contributed by atoms with Crippen LogP contribution in [0.5, 0.6) is 0 Å². The van der Waals surface area contributed by atoms with Crippen LogP contribution >= 0.6 is 0 Å². The van der Waals surface area contributed by atoms with Crippen molar-refractivity contribution in [3.8, 4) is 6.07 Å². The standard InChI is InChI=1S/C15H25N3O/c1-12-4-5-14(11-16)15(10-12)18-7-3-6-17(8-9-18)13(2)19/h12,14-15H,3-10H2,1-2H3. The number of nitrogens with zero attached hydrogens (tertiary/aromatic N) is 3. The van der Waals surface area contributed by atoms with Gasteiger partial charge in [-0.05, 0) is 31.6 Å². The van der Waals surface area contributed by atoms with Crippen LogP contribution in [0.3, 0.4) is 0 Å². The first-order valence-corrected chi connectivity index (χ1v) is 7.51. The minimum atomic E-state index is 0.177. The molecule has 106 valence electrons. The van der Waals surface area contributed by atoms with Crippen molar-refractivity contribution in [3.63, 3.8) is 0 Å². The van der Waals surface area contributed by atoms with Crippen molar-refractivity contribution in [2.45, 2.75) is 45.6 Å². The predicted octanol–water partition coefficient (Wildman–Crippen LogP) is 1.87. The van der Waals surface area contributed by atoms with Gasteiger partial charge in [0, 0.05) is 39.1 Å². The molecule has 1 amide bonds. The molecule has 0 aromatic heterocycles. The second-order valence-electron chi connectivity index (χ2n) is 6.12. The molecular weight excluding hydrogens is 238 g/mol. The van der Waals surface area contributed by atoms with Crippen molar-refractivity contribution >= 4 is 5.91 Å². The maximum Gasteiger partial charge on any atom is 0.219 e. The molecular formula is C15H25N3O. The highest BCUT2D eigenvalue weighted by atomic mass is 16.2. The van der Waals surface area contributed by atoms with E-state index in [4.69, 9.17) is 0 Å². The van der Waals surface area contributed by atoms with Gasteiger partial charge in [0.2, 0.25) is 5.91 Å². The van der Waals surface area contributed by atoms with E-state index in [1.165, 1.54) is 6.42 Å². The third-order valence-corrected chi connectivity index (χ3v) is 4.69. The predicted molar refractivity (Wildman–Crippen MR) is 74.4 cm³/mol. The molecule has 0 aromatic rings. The molecule has 0 N–H and O–H groups in total. The fourth-order valence-electron chi connectivity index (χ4n) is 3.49. The number of nitriles is 1. The Balaban J connectivity index is 2.00. The van der Waals surface area contributed by atoms with Gasteiger partial charge in [-0.15, -0.1) is 0 Å². The van der Waals surface area contributed by atoms with Crippen molar-refractivity contribution in [2.24, 2.45) is 11.8 Å². The van der Waals surface area contributed by atoms with Gasteiger partial charge in [0.25, 0.3) is 0 Å². The summed E-state index contributed by atoms with van der Waals surface area (Å²) in [6, 6.07) is 2.91. The Hall–Kier alpha value is -1.08. The summed E-state index contributed by atoms with van der Waals surface area (Å²) in [5.41, 5.74) is 0. The van der Waals surface area contributed by atoms with E-state index in [2.05, 4.69) is 17.9 Å². The van der Waals surface area contributed by atoms with Crippen LogP contribution < -0.4 is 0 Å². The average molecular weight is 263 g/mol. The molecule has 2 aliphatic rings. The number of amides is 1. The Bertz CT molecular complexity index is 363. The fraction of sp³-hybridized carbons (Fsp3) is 0.867. The molecule has 4 nitrogen and oxygen atoms in total. The largest absolute Gasteiger partial charge is 0.342 e. The number of hydrogen-bond donors (Lipinski definition) is 0. The summed E-state index contributed by atoms with van der Waals surface area (Å²) in [6.07, 6.45) is 4.39. The molecule has 1 heterocycles. The third-order valence-electron chi connectivity index (χ3n) is 4.69. The van der Waals surface area contributed by atoms with Gasteiger partial charge in [-0.25, -0.2) is 0 Å². The molecule has 4 heteroatoms. The van der Waals surface area contributed by atoms with Crippen LogP contribution in [0.15, 0.2) is 0 Å². The van der Waals surface area contributed by atoms with E-state index in [1.807, 2.05) is 4.90 Å². The zero-order chi connectivity index (χ0) is 13.8. The first-order valence-electron chi connectivity index (χ1n) is 7.51. The molecule has 0 aromatic carbocycles. The summed E-state index contributed by atoms with van der Waals surface area (Å²) in [7, 11) is 0. The SMILES string of the molecule is CC(=O)N1CCCN(C2CC(C)CCC2C#N)CC1. The first kappa shape index (κ1) is 14.3. The minimum absolute atomic E-state index is 0.177. The Morgan fingerprint density at radius 3 is 2.68 bits per heavy atom. The summed E-state index contributed by atoms with van der Waals surface area (Å²) in [5, 5.41) is 9.35. The third kappa shape index (κ3) is 3.48. The summed E-state index contributed by atoms with van der Waals surface area (Å²) in [6.45, 7) is 7.58. The Morgan fingerprint density at radius 1 is 1.21 bits per heavy atom. The Morgan fingerprint density at radius 2 is 2.00 bits per heavy atom. The second kappa shape index (κ2) is 6.38. The topological polar surface area (TPSA) is 47.3 Å². The maximum atomic E-state index is 11.5. The molecule has 1 saturated heterocycles. The second-order valence-corrected chi connectivity index (χ2v) is 6.12. The van der Waals surface area contributed by atoms with Crippen LogP contribution in [-0.4, -0.2) is 47.9 Å². The van der Waals surface area contributed by atoms with Gasteiger partial charge in [-0.1, -0.05) is 6.92 Å². The number of carbonyl (C=O) groups is 1. The van der Waals surface area contributed by atoms with E-state index in [0.717, 1.165) is 51.4 Å². The molecule has 2 fully saturated rings. The highest BCUT2D eigenvalue weighted by Crippen LogP contribution is 2.32. The lowest BCUT2D eigenvalue weighted by molar-refractivity contribution is -0.128. The van der Waals surface area contributed by atoms with E-state index < -0.39 is 0 Å². The highest BCUT2D eigenvalue weighted by molar-refractivity contribution is 5.73. The zero-order valence-electron chi connectivity index (χ0n) is 12.1. The van der Waals surface area contributed by atoms with E-state index >= 15 is 0 Å². The van der Waals surface area contributed by atoms with Gasteiger partial charge >= 0.3 is 0 Å². The van der Waals surface area contributed by atoms with Crippen molar-refractivity contribution in [3.05, 3.63) is 0 Å². The lowest BCUT2D eigenvalue weighted by Crippen LogP contribution is -2.45. The van der Waals surface area contributed by atoms with Crippen LogP contribution in [0.25, 0.3) is 0 Å². The van der Waals surface area contributed by atoms with Crippen LogP contribution in [0, 0.1) is 23.2 Å². The molecule has 19 heavy (non-hydrogen) atoms. The zero-order valence-corrected chi connectivity index (χ0v) is 12.1. The fourth-order valence-corrected chi connectivity index (χ4v) is 3.49. The van der Waals surface area contributed by atoms with Crippen molar-refractivity contribution in [2.75, 3.05) is 26.2 Å². The maximum absolute atomic E-state index is 11.5. The number of carbonyl (C=O) groups excluding carboxylic acids is 1. The number of rotatable bonds is 1. The smallest absolute Gasteiger partial charge is 0.219 e. The molecule has 1 saturated carbocycles. The lowest BCUT2D eigenvalue weighted by atomic mass is 9.79. The monoisotopic (exact) mass is 263 g/mol. The van der Waals surface area contributed by atoms with Gasteiger partial charge in [-0.2, -0.15) is 5.26 Å². The molecule has 0 bridgehead atoms. The van der Waals surface area contributed by atoms with Crippen molar-refractivity contribution in [1.29, 1.82) is 5.26 Å². The molecule has 2 rings (SSSR count). The van der Waals surface area contributed by atoms with Crippen LogP contribution in [-0.2, 0) is 4.79 Å². The van der Waals surface area contributed by atoms with Gasteiger partial charge in [-0.3, -0.25) is 9.69 Å². The van der Waals surface area contributed by atoms with E-state index in [1.54, 1.807) is 6.92 Å². The summed E-state index contributed by atoms with van der Waals surface area (Å²) in [4.78, 5) is 15.9. The van der Waals surface area contributed by atoms with E-state index in [9.17, 15) is 10.1 Å². The Labute approximate surface area is 116 Å². The Kier molecular flexibility index (Phi) is 4.81. The van der Waals surface area contributed by atoms with Crippen molar-refractivity contribution < 1.29 is 4.79 Å². The normalized spacial score (nSPS) is 33.5. The van der Waals surface area contributed by atoms with Crippen LogP contribution in [0.1, 0.15) is 39.5 Å². The van der Waals surface area contributed by atoms with Gasteiger partial charge in [0.15, 0.2) is 0 Å². The summed E-state index contributed by atoms with van der Waals surface area (Å²) in [5.74, 6) is 1.08. The van der Waals surface area contributed by atoms with Gasteiger partial charge < -0.3 is 4.90 Å². The highest BCUT2D eigenvalue weighted by Gasteiger charge is 2.33. The average Bonchev–Trinajstić information content (AvgIpc) is 2.64. The summed E-state index contributed by atoms with van der Waals surface area (Å²) >= 11 is 0. The minimum Gasteiger partial charge on any atom is -0.342 e. The first-order chi connectivity index (χ1) is 9.11.